The lowest BCUT2D eigenvalue weighted by molar-refractivity contribution is -0.122. The molecule has 28 heavy (non-hydrogen) atoms. The highest BCUT2D eigenvalue weighted by Gasteiger charge is 2.09. The highest BCUT2D eigenvalue weighted by Crippen LogP contribution is 2.27. The van der Waals surface area contributed by atoms with Crippen molar-refractivity contribution in [1.82, 2.24) is 0 Å². The Kier molecular flexibility index (Phi) is 14.7. The van der Waals surface area contributed by atoms with E-state index in [1.165, 1.54) is 49.0 Å². The Morgan fingerprint density at radius 2 is 1.71 bits per heavy atom. The Morgan fingerprint density at radius 1 is 1.00 bits per heavy atom. The van der Waals surface area contributed by atoms with Gasteiger partial charge in [-0.3, -0.25) is 4.79 Å². The monoisotopic (exact) mass is 414 g/mol. The molecule has 0 aromatic heterocycles. The second-order valence-corrected chi connectivity index (χ2v) is 9.00. The third-order valence-electron chi connectivity index (χ3n) is 4.26. The van der Waals surface area contributed by atoms with Crippen LogP contribution in [0.3, 0.4) is 0 Å². The predicted octanol–water partition coefficient (Wildman–Crippen LogP) is 5.69. The molecule has 5 heteroatoms. The molecule has 0 aliphatic carbocycles. The van der Waals surface area contributed by atoms with E-state index in [1.807, 2.05) is 17.8 Å². The highest BCUT2D eigenvalue weighted by atomic mass is 32.2. The Bertz CT molecular complexity index is 638. The summed E-state index contributed by atoms with van der Waals surface area (Å²) in [4.78, 5) is 8.36. The molecule has 0 aliphatic rings. The number of thioether (sulfide) groups is 2. The van der Waals surface area contributed by atoms with Crippen LogP contribution in [0.1, 0.15) is 50.2 Å². The Labute approximate surface area is 180 Å². The van der Waals surface area contributed by atoms with Crippen LogP contribution in [0.15, 0.2) is 54.6 Å². The van der Waals surface area contributed by atoms with E-state index in [2.05, 4.69) is 67.2 Å². The van der Waals surface area contributed by atoms with E-state index in [0.29, 0.717) is 0 Å². The van der Waals surface area contributed by atoms with Crippen molar-refractivity contribution in [2.24, 2.45) is 0 Å². The topological polar surface area (TPSA) is 37.3 Å². The summed E-state index contributed by atoms with van der Waals surface area (Å²) in [6.45, 7) is 2.04. The zero-order valence-electron chi connectivity index (χ0n) is 16.8. The van der Waals surface area contributed by atoms with E-state index in [4.69, 9.17) is 17.7 Å². The normalized spacial score (nSPS) is 11.3. The summed E-state index contributed by atoms with van der Waals surface area (Å²) in [5.74, 6) is 3.43. The number of unbranched alkanes of at least 4 members (excludes halogenated alkanes) is 2. The minimum Gasteiger partial charge on any atom is -0.483 e. The smallest absolute Gasteiger partial charge is 0.290 e. The van der Waals surface area contributed by atoms with Crippen molar-refractivity contribution in [3.63, 3.8) is 0 Å². The fraction of sp³-hybridized carbons (Fsp3) is 0.435. The molecular formula is C23H31BO2S2. The van der Waals surface area contributed by atoms with Crippen LogP contribution >= 0.6 is 23.5 Å². The van der Waals surface area contributed by atoms with Crippen molar-refractivity contribution in [2.75, 3.05) is 5.75 Å². The number of rotatable bonds is 12. The second kappa shape index (κ2) is 16.6. The van der Waals surface area contributed by atoms with Crippen LogP contribution in [0.4, 0.5) is 0 Å². The van der Waals surface area contributed by atoms with Crippen LogP contribution < -0.4 is 5.46 Å². The van der Waals surface area contributed by atoms with Crippen LogP contribution in [0.5, 0.6) is 0 Å². The van der Waals surface area contributed by atoms with Crippen LogP contribution in [0.25, 0.3) is 0 Å². The molecule has 2 nitrogen and oxygen atoms in total. The number of carbonyl (C=O) groups is 1. The Balaban J connectivity index is 0.00000122. The minimum absolute atomic E-state index is 0.250. The SMILES string of the molecule is O=CO.[B]c1cccc(CSCCC(CCCCC)SCc2ccccc2)c1. The molecule has 0 spiro atoms. The summed E-state index contributed by atoms with van der Waals surface area (Å²) >= 11 is 4.18. The molecule has 1 unspecified atom stereocenters. The van der Waals surface area contributed by atoms with Gasteiger partial charge in [0, 0.05) is 16.8 Å². The molecule has 2 rings (SSSR count). The summed E-state index contributed by atoms with van der Waals surface area (Å²) in [6.07, 6.45) is 6.68. The maximum atomic E-state index is 8.36. The van der Waals surface area contributed by atoms with Crippen molar-refractivity contribution < 1.29 is 9.90 Å². The van der Waals surface area contributed by atoms with Gasteiger partial charge in [-0.05, 0) is 29.7 Å². The molecule has 0 fully saturated rings. The standard InChI is InChI=1S/C22H29BS2.CH2O2/c1-2-3-5-13-22(25-18-19-9-6-4-7-10-19)14-15-24-17-20-11-8-12-21(23)16-20;2-1-3/h4,6-12,16,22H,2-3,5,13-15,17-18H2,1H3;1H,(H,2,3). The minimum atomic E-state index is -0.250. The summed E-state index contributed by atoms with van der Waals surface area (Å²) in [5.41, 5.74) is 3.65. The van der Waals surface area contributed by atoms with Gasteiger partial charge >= 0.3 is 0 Å². The van der Waals surface area contributed by atoms with Gasteiger partial charge in [0.2, 0.25) is 0 Å². The molecule has 150 valence electrons. The molecule has 0 saturated carbocycles. The van der Waals surface area contributed by atoms with Gasteiger partial charge in [0.25, 0.3) is 6.47 Å². The van der Waals surface area contributed by atoms with Gasteiger partial charge in [-0.25, -0.2) is 0 Å². The van der Waals surface area contributed by atoms with E-state index in [-0.39, 0.29) is 6.47 Å². The number of hydrogen-bond donors (Lipinski definition) is 1. The summed E-state index contributed by atoms with van der Waals surface area (Å²) in [5, 5.41) is 7.67. The average molecular weight is 414 g/mol. The van der Waals surface area contributed by atoms with Gasteiger partial charge in [0.05, 0.1) is 0 Å². The van der Waals surface area contributed by atoms with E-state index in [0.717, 1.165) is 22.2 Å². The number of carboxylic acid groups (broad SMARTS) is 1. The van der Waals surface area contributed by atoms with Crippen LogP contribution in [-0.2, 0) is 16.3 Å². The van der Waals surface area contributed by atoms with Gasteiger partial charge < -0.3 is 5.11 Å². The van der Waals surface area contributed by atoms with E-state index in [1.54, 1.807) is 0 Å². The molecule has 0 aliphatic heterocycles. The molecular weight excluding hydrogens is 383 g/mol. The van der Waals surface area contributed by atoms with Gasteiger partial charge in [0.15, 0.2) is 0 Å². The zero-order valence-corrected chi connectivity index (χ0v) is 18.4. The summed E-state index contributed by atoms with van der Waals surface area (Å²) in [6, 6.07) is 19.1. The van der Waals surface area contributed by atoms with Gasteiger partial charge in [-0.2, -0.15) is 23.5 Å². The van der Waals surface area contributed by atoms with Crippen molar-refractivity contribution in [3.8, 4) is 0 Å². The summed E-state index contributed by atoms with van der Waals surface area (Å²) < 4.78 is 0. The average Bonchev–Trinajstić information content (AvgIpc) is 2.70. The number of hydrogen-bond acceptors (Lipinski definition) is 3. The van der Waals surface area contributed by atoms with Crippen LogP contribution in [-0.4, -0.2) is 30.4 Å². The first kappa shape index (κ1) is 24.7. The first-order chi connectivity index (χ1) is 13.7. The maximum absolute atomic E-state index is 8.36. The first-order valence-corrected chi connectivity index (χ1v) is 12.1. The lowest BCUT2D eigenvalue weighted by atomic mass is 9.95. The fourth-order valence-electron chi connectivity index (χ4n) is 2.81. The maximum Gasteiger partial charge on any atom is 0.290 e. The third-order valence-corrected chi connectivity index (χ3v) is 6.77. The molecule has 0 saturated heterocycles. The quantitative estimate of drug-likeness (QED) is 0.275. The molecule has 2 aromatic rings. The van der Waals surface area contributed by atoms with Crippen LogP contribution in [0.2, 0.25) is 0 Å². The lowest BCUT2D eigenvalue weighted by Crippen LogP contribution is -2.06. The Hall–Kier alpha value is -1.33. The lowest BCUT2D eigenvalue weighted by Gasteiger charge is -2.16. The van der Waals surface area contributed by atoms with Crippen molar-refractivity contribution >= 4 is 43.3 Å². The molecule has 1 atom stereocenters. The molecule has 2 aromatic carbocycles. The fourth-order valence-corrected chi connectivity index (χ4v) is 5.21. The molecule has 1 N–H and O–H groups in total. The summed E-state index contributed by atoms with van der Waals surface area (Å²) in [7, 11) is 5.86. The Morgan fingerprint density at radius 3 is 2.39 bits per heavy atom. The van der Waals surface area contributed by atoms with Gasteiger partial charge in [-0.15, -0.1) is 0 Å². The third kappa shape index (κ3) is 12.2. The van der Waals surface area contributed by atoms with Crippen molar-refractivity contribution in [2.45, 2.75) is 55.8 Å². The van der Waals surface area contributed by atoms with E-state index in [9.17, 15) is 0 Å². The zero-order chi connectivity index (χ0) is 20.5. The molecule has 0 heterocycles. The number of benzene rings is 2. The molecule has 2 radical (unpaired) electrons. The predicted molar refractivity (Wildman–Crippen MR) is 127 cm³/mol. The first-order valence-electron chi connectivity index (χ1n) is 9.85. The van der Waals surface area contributed by atoms with Crippen molar-refractivity contribution in [1.29, 1.82) is 0 Å². The molecule has 0 bridgehead atoms. The second-order valence-electron chi connectivity index (χ2n) is 6.61. The van der Waals surface area contributed by atoms with Crippen LogP contribution in [0, 0.1) is 0 Å². The largest absolute Gasteiger partial charge is 0.483 e. The van der Waals surface area contributed by atoms with Gasteiger partial charge in [-0.1, -0.05) is 86.2 Å². The van der Waals surface area contributed by atoms with E-state index >= 15 is 0 Å². The molecule has 0 amide bonds. The van der Waals surface area contributed by atoms with Gasteiger partial charge in [0.1, 0.15) is 7.85 Å². The van der Waals surface area contributed by atoms with E-state index < -0.39 is 0 Å². The highest BCUT2D eigenvalue weighted by molar-refractivity contribution is 7.99. The van der Waals surface area contributed by atoms with Crippen molar-refractivity contribution in [3.05, 3.63) is 65.7 Å².